The highest BCUT2D eigenvalue weighted by Gasteiger charge is 1.96. The molecule has 0 radical (unpaired) electrons. The lowest BCUT2D eigenvalue weighted by atomic mass is 10.1. The molecule has 1 amide bonds. The Hall–Kier alpha value is -1.32. The molecule has 4 nitrogen and oxygen atoms in total. The van der Waals surface area contributed by atoms with Gasteiger partial charge in [0.15, 0.2) is 0 Å². The average Bonchev–Trinajstić information content (AvgIpc) is 2.42. The van der Waals surface area contributed by atoms with Gasteiger partial charge in [0.25, 0.3) is 0 Å². The Bertz CT molecular complexity index is 287. The summed E-state index contributed by atoms with van der Waals surface area (Å²) in [6, 6.07) is 0. The van der Waals surface area contributed by atoms with Gasteiger partial charge >= 0.3 is 5.97 Å². The van der Waals surface area contributed by atoms with Crippen molar-refractivity contribution in [2.75, 3.05) is 6.54 Å². The summed E-state index contributed by atoms with van der Waals surface area (Å²) in [6.07, 6.45) is 14.5. The topological polar surface area (TPSA) is 66.4 Å². The average molecular weight is 283 g/mol. The number of amides is 1. The van der Waals surface area contributed by atoms with E-state index in [1.807, 2.05) is 0 Å². The third-order valence-electron chi connectivity index (χ3n) is 3.21. The first-order valence-corrected chi connectivity index (χ1v) is 7.85. The van der Waals surface area contributed by atoms with Crippen molar-refractivity contribution in [3.63, 3.8) is 0 Å². The summed E-state index contributed by atoms with van der Waals surface area (Å²) in [7, 11) is 0. The van der Waals surface area contributed by atoms with Crippen LogP contribution in [0.4, 0.5) is 0 Å². The van der Waals surface area contributed by atoms with Gasteiger partial charge in [0.2, 0.25) is 5.91 Å². The molecule has 0 aromatic rings. The summed E-state index contributed by atoms with van der Waals surface area (Å²) < 4.78 is 0. The monoisotopic (exact) mass is 283 g/mol. The third kappa shape index (κ3) is 14.7. The highest BCUT2D eigenvalue weighted by Crippen LogP contribution is 2.10. The standard InChI is InChI=1S/C16H29NO3/c1-2-3-4-5-6-7-8-9-10-11-14-17-15(18)12-13-16(19)20/h12-13H,2-11,14H2,1H3,(H,17,18)(H,19,20)/b13-12-. The van der Waals surface area contributed by atoms with Crippen LogP contribution in [0.25, 0.3) is 0 Å². The van der Waals surface area contributed by atoms with Crippen LogP contribution in [0.5, 0.6) is 0 Å². The Morgan fingerprint density at radius 2 is 1.35 bits per heavy atom. The molecule has 0 aliphatic rings. The van der Waals surface area contributed by atoms with Gasteiger partial charge in [-0.05, 0) is 6.42 Å². The maximum atomic E-state index is 11.1. The first-order valence-electron chi connectivity index (χ1n) is 7.85. The minimum absolute atomic E-state index is 0.330. The summed E-state index contributed by atoms with van der Waals surface area (Å²) in [6.45, 7) is 2.86. The molecular formula is C16H29NO3. The molecule has 2 N–H and O–H groups in total. The van der Waals surface area contributed by atoms with Crippen LogP contribution in [0.1, 0.15) is 71.1 Å². The maximum absolute atomic E-state index is 11.1. The van der Waals surface area contributed by atoms with Crippen molar-refractivity contribution >= 4 is 11.9 Å². The fourth-order valence-electron chi connectivity index (χ4n) is 2.03. The maximum Gasteiger partial charge on any atom is 0.328 e. The van der Waals surface area contributed by atoms with Crippen LogP contribution in [-0.4, -0.2) is 23.5 Å². The molecule has 0 aromatic heterocycles. The third-order valence-corrected chi connectivity index (χ3v) is 3.21. The zero-order valence-corrected chi connectivity index (χ0v) is 12.7. The molecule has 0 bridgehead atoms. The van der Waals surface area contributed by atoms with Crippen LogP contribution in [0.3, 0.4) is 0 Å². The Morgan fingerprint density at radius 3 is 1.85 bits per heavy atom. The van der Waals surface area contributed by atoms with E-state index in [1.165, 1.54) is 51.4 Å². The van der Waals surface area contributed by atoms with E-state index in [4.69, 9.17) is 5.11 Å². The smallest absolute Gasteiger partial charge is 0.328 e. The molecule has 0 unspecified atom stereocenters. The molecular weight excluding hydrogens is 254 g/mol. The summed E-state index contributed by atoms with van der Waals surface area (Å²) in [5, 5.41) is 11.0. The molecule has 0 aromatic carbocycles. The van der Waals surface area contributed by atoms with Gasteiger partial charge in [-0.3, -0.25) is 4.79 Å². The van der Waals surface area contributed by atoms with Crippen LogP contribution in [0.15, 0.2) is 12.2 Å². The van der Waals surface area contributed by atoms with Crippen molar-refractivity contribution in [1.82, 2.24) is 5.32 Å². The fourth-order valence-corrected chi connectivity index (χ4v) is 2.03. The van der Waals surface area contributed by atoms with Crippen molar-refractivity contribution in [1.29, 1.82) is 0 Å². The molecule has 4 heteroatoms. The van der Waals surface area contributed by atoms with E-state index in [2.05, 4.69) is 12.2 Å². The molecule has 20 heavy (non-hydrogen) atoms. The predicted octanol–water partition coefficient (Wildman–Crippen LogP) is 3.66. The molecule has 0 rings (SSSR count). The van der Waals surface area contributed by atoms with E-state index in [0.29, 0.717) is 6.54 Å². The van der Waals surface area contributed by atoms with Crippen LogP contribution in [0, 0.1) is 0 Å². The van der Waals surface area contributed by atoms with Crippen molar-refractivity contribution in [3.8, 4) is 0 Å². The van der Waals surface area contributed by atoms with Crippen molar-refractivity contribution in [3.05, 3.63) is 12.2 Å². The second-order valence-electron chi connectivity index (χ2n) is 5.14. The predicted molar refractivity (Wildman–Crippen MR) is 81.6 cm³/mol. The molecule has 116 valence electrons. The number of hydrogen-bond donors (Lipinski definition) is 2. The highest BCUT2D eigenvalue weighted by atomic mass is 16.4. The number of carboxylic acid groups (broad SMARTS) is 1. The van der Waals surface area contributed by atoms with Gasteiger partial charge in [0.05, 0.1) is 0 Å². The molecule has 0 spiro atoms. The largest absolute Gasteiger partial charge is 0.478 e. The summed E-state index contributed by atoms with van der Waals surface area (Å²) in [5.74, 6) is -1.43. The quantitative estimate of drug-likeness (QED) is 0.400. The van der Waals surface area contributed by atoms with Crippen LogP contribution < -0.4 is 5.32 Å². The number of nitrogens with one attached hydrogen (secondary N) is 1. The fraction of sp³-hybridized carbons (Fsp3) is 0.750. The van der Waals surface area contributed by atoms with Gasteiger partial charge in [0.1, 0.15) is 0 Å². The number of carbonyl (C=O) groups excluding carboxylic acids is 1. The van der Waals surface area contributed by atoms with E-state index in [0.717, 1.165) is 25.0 Å². The molecule has 0 saturated carbocycles. The van der Waals surface area contributed by atoms with Crippen LogP contribution in [0.2, 0.25) is 0 Å². The summed E-state index contributed by atoms with van der Waals surface area (Å²) in [5.41, 5.74) is 0. The van der Waals surface area contributed by atoms with Crippen molar-refractivity contribution < 1.29 is 14.7 Å². The lowest BCUT2D eigenvalue weighted by molar-refractivity contribution is -0.131. The zero-order chi connectivity index (χ0) is 15.1. The van der Waals surface area contributed by atoms with Crippen LogP contribution >= 0.6 is 0 Å². The number of aliphatic carboxylic acids is 1. The lowest BCUT2D eigenvalue weighted by Gasteiger charge is -2.03. The second kappa shape index (κ2) is 14.1. The van der Waals surface area contributed by atoms with Crippen LogP contribution in [-0.2, 0) is 9.59 Å². The number of carbonyl (C=O) groups is 2. The number of rotatable bonds is 13. The molecule has 0 atom stereocenters. The molecule has 0 aliphatic heterocycles. The van der Waals surface area contributed by atoms with E-state index in [-0.39, 0.29) is 5.91 Å². The van der Waals surface area contributed by atoms with E-state index in [1.54, 1.807) is 0 Å². The van der Waals surface area contributed by atoms with Gasteiger partial charge in [-0.15, -0.1) is 0 Å². The summed E-state index contributed by atoms with van der Waals surface area (Å²) >= 11 is 0. The molecule has 0 aliphatic carbocycles. The molecule has 0 fully saturated rings. The van der Waals surface area contributed by atoms with Gasteiger partial charge in [0, 0.05) is 18.7 Å². The Morgan fingerprint density at radius 1 is 0.850 bits per heavy atom. The Kier molecular flexibility index (Phi) is 13.2. The minimum atomic E-state index is -1.10. The first kappa shape index (κ1) is 18.7. The van der Waals surface area contributed by atoms with Crippen molar-refractivity contribution in [2.45, 2.75) is 71.1 Å². The van der Waals surface area contributed by atoms with Gasteiger partial charge < -0.3 is 10.4 Å². The second-order valence-corrected chi connectivity index (χ2v) is 5.14. The molecule has 0 saturated heterocycles. The SMILES string of the molecule is CCCCCCCCCCCCNC(=O)/C=C\C(=O)O. The Labute approximate surface area is 122 Å². The van der Waals surface area contributed by atoms with Gasteiger partial charge in [-0.25, -0.2) is 4.79 Å². The number of unbranched alkanes of at least 4 members (excludes halogenated alkanes) is 9. The van der Waals surface area contributed by atoms with E-state index >= 15 is 0 Å². The lowest BCUT2D eigenvalue weighted by Crippen LogP contribution is -2.22. The van der Waals surface area contributed by atoms with Crippen molar-refractivity contribution in [2.24, 2.45) is 0 Å². The first-order chi connectivity index (χ1) is 9.66. The van der Waals surface area contributed by atoms with Gasteiger partial charge in [-0.1, -0.05) is 64.7 Å². The minimum Gasteiger partial charge on any atom is -0.478 e. The normalized spacial score (nSPS) is 10.8. The number of carboxylic acids is 1. The van der Waals surface area contributed by atoms with E-state index < -0.39 is 5.97 Å². The summed E-state index contributed by atoms with van der Waals surface area (Å²) in [4.78, 5) is 21.3. The molecule has 0 heterocycles. The highest BCUT2D eigenvalue weighted by molar-refractivity contribution is 5.93. The van der Waals surface area contributed by atoms with E-state index in [9.17, 15) is 9.59 Å². The zero-order valence-electron chi connectivity index (χ0n) is 12.7. The Balaban J connectivity index is 3.20. The number of hydrogen-bond acceptors (Lipinski definition) is 2. The van der Waals surface area contributed by atoms with Gasteiger partial charge in [-0.2, -0.15) is 0 Å².